The molecule has 0 fully saturated rings. The minimum absolute atomic E-state index is 0.0135. The van der Waals surface area contributed by atoms with E-state index in [4.69, 9.17) is 23.2 Å². The van der Waals surface area contributed by atoms with Gasteiger partial charge in [0.15, 0.2) is 0 Å². The highest BCUT2D eigenvalue weighted by atomic mass is 35.5. The molecule has 0 bridgehead atoms. The van der Waals surface area contributed by atoms with E-state index in [2.05, 4.69) is 15.7 Å². The van der Waals surface area contributed by atoms with Crippen LogP contribution in [0.5, 0.6) is 0 Å². The Kier molecular flexibility index (Phi) is 3.38. The topological polar surface area (TPSA) is 76.0 Å². The second kappa shape index (κ2) is 5.58. The highest BCUT2D eigenvalue weighted by Gasteiger charge is 2.54. The molecule has 0 radical (unpaired) electrons. The van der Waals surface area contributed by atoms with Crippen molar-refractivity contribution in [3.63, 3.8) is 0 Å². The molecule has 2 amide bonds. The third kappa shape index (κ3) is 2.17. The fourth-order valence-electron chi connectivity index (χ4n) is 3.89. The SMILES string of the molecule is O=C1CC2(C(=O)Nc3c(Cl)cccc32)c2cnn(-c3cccc(Cl)c3)c2N1. The number of benzene rings is 2. The van der Waals surface area contributed by atoms with Gasteiger partial charge in [0.2, 0.25) is 11.8 Å². The molecule has 2 aliphatic rings. The number of anilines is 2. The Morgan fingerprint density at radius 2 is 1.85 bits per heavy atom. The first-order valence-corrected chi connectivity index (χ1v) is 9.01. The lowest BCUT2D eigenvalue weighted by molar-refractivity contribution is -0.125. The van der Waals surface area contributed by atoms with Crippen LogP contribution in [0.15, 0.2) is 48.7 Å². The molecular formula is C19H12Cl2N4O2. The Balaban J connectivity index is 1.78. The number of carbonyl (C=O) groups excluding carboxylic acids is 2. The van der Waals surface area contributed by atoms with Gasteiger partial charge in [0.05, 0.1) is 22.6 Å². The quantitative estimate of drug-likeness (QED) is 0.654. The third-order valence-electron chi connectivity index (χ3n) is 5.06. The molecule has 0 saturated carbocycles. The fourth-order valence-corrected chi connectivity index (χ4v) is 4.30. The van der Waals surface area contributed by atoms with Gasteiger partial charge in [-0.3, -0.25) is 9.59 Å². The minimum Gasteiger partial charge on any atom is -0.323 e. The molecule has 27 heavy (non-hydrogen) atoms. The molecule has 3 aromatic rings. The molecule has 3 heterocycles. The van der Waals surface area contributed by atoms with E-state index in [0.29, 0.717) is 38.4 Å². The molecule has 1 unspecified atom stereocenters. The Hall–Kier alpha value is -2.83. The number of hydrogen-bond donors (Lipinski definition) is 2. The van der Waals surface area contributed by atoms with Crippen LogP contribution in [0.3, 0.4) is 0 Å². The number of aromatic nitrogens is 2. The standard InChI is InChI=1S/C19H12Cl2N4O2/c20-10-3-1-4-11(7-10)25-17-13(9-22-25)19(8-15(26)23-17)12-5-2-6-14(21)16(12)24-18(19)27/h1-7,9H,8H2,(H,23,26)(H,24,27). The first-order chi connectivity index (χ1) is 13.0. The summed E-state index contributed by atoms with van der Waals surface area (Å²) in [7, 11) is 0. The summed E-state index contributed by atoms with van der Waals surface area (Å²) in [4.78, 5) is 25.6. The summed E-state index contributed by atoms with van der Waals surface area (Å²) in [6.07, 6.45) is 1.60. The van der Waals surface area contributed by atoms with Crippen LogP contribution in [0.25, 0.3) is 5.69 Å². The van der Waals surface area contributed by atoms with Gasteiger partial charge in [0.25, 0.3) is 0 Å². The van der Waals surface area contributed by atoms with Crippen LogP contribution in [0.4, 0.5) is 11.5 Å². The maximum Gasteiger partial charge on any atom is 0.240 e. The van der Waals surface area contributed by atoms with E-state index in [-0.39, 0.29) is 18.2 Å². The largest absolute Gasteiger partial charge is 0.323 e. The predicted octanol–water partition coefficient (Wildman–Crippen LogP) is 3.76. The van der Waals surface area contributed by atoms with E-state index < -0.39 is 5.41 Å². The van der Waals surface area contributed by atoms with Gasteiger partial charge < -0.3 is 10.6 Å². The van der Waals surface area contributed by atoms with Crippen molar-refractivity contribution in [1.82, 2.24) is 9.78 Å². The van der Waals surface area contributed by atoms with Crippen LogP contribution in [0.1, 0.15) is 17.5 Å². The molecule has 0 saturated heterocycles. The smallest absolute Gasteiger partial charge is 0.240 e. The van der Waals surface area contributed by atoms with E-state index >= 15 is 0 Å². The molecule has 1 spiro atoms. The van der Waals surface area contributed by atoms with Crippen LogP contribution in [-0.4, -0.2) is 21.6 Å². The zero-order valence-corrected chi connectivity index (χ0v) is 15.3. The number of halogens is 2. The predicted molar refractivity (Wildman–Crippen MR) is 103 cm³/mol. The fraction of sp³-hybridized carbons (Fsp3) is 0.105. The van der Waals surface area contributed by atoms with Gasteiger partial charge in [-0.1, -0.05) is 41.4 Å². The van der Waals surface area contributed by atoms with E-state index in [1.807, 2.05) is 12.1 Å². The highest BCUT2D eigenvalue weighted by Crippen LogP contribution is 2.51. The van der Waals surface area contributed by atoms with Gasteiger partial charge in [-0.15, -0.1) is 0 Å². The van der Waals surface area contributed by atoms with Crippen molar-refractivity contribution in [1.29, 1.82) is 0 Å². The maximum atomic E-state index is 13.1. The molecule has 0 aliphatic carbocycles. The number of fused-ring (bicyclic) bond motifs is 4. The van der Waals surface area contributed by atoms with Crippen molar-refractivity contribution in [3.05, 3.63) is 69.8 Å². The summed E-state index contributed by atoms with van der Waals surface area (Å²) >= 11 is 12.4. The normalized spacial score (nSPS) is 20.2. The van der Waals surface area contributed by atoms with Crippen molar-refractivity contribution in [2.75, 3.05) is 10.6 Å². The van der Waals surface area contributed by atoms with Crippen molar-refractivity contribution in [3.8, 4) is 5.69 Å². The molecule has 2 aliphatic heterocycles. The van der Waals surface area contributed by atoms with E-state index in [0.717, 1.165) is 0 Å². The number of hydrogen-bond acceptors (Lipinski definition) is 3. The molecule has 134 valence electrons. The van der Waals surface area contributed by atoms with Gasteiger partial charge >= 0.3 is 0 Å². The highest BCUT2D eigenvalue weighted by molar-refractivity contribution is 6.35. The number of rotatable bonds is 1. The maximum absolute atomic E-state index is 13.1. The van der Waals surface area contributed by atoms with E-state index in [9.17, 15) is 9.59 Å². The van der Waals surface area contributed by atoms with E-state index in [1.54, 1.807) is 41.2 Å². The number of nitrogens with one attached hydrogen (secondary N) is 2. The molecule has 5 rings (SSSR count). The molecule has 8 heteroatoms. The summed E-state index contributed by atoms with van der Waals surface area (Å²) in [6, 6.07) is 12.4. The van der Waals surface area contributed by atoms with Gasteiger partial charge in [0.1, 0.15) is 11.2 Å². The van der Waals surface area contributed by atoms with Gasteiger partial charge in [-0.25, -0.2) is 4.68 Å². The second-order valence-corrected chi connectivity index (χ2v) is 7.39. The summed E-state index contributed by atoms with van der Waals surface area (Å²) in [5.74, 6) is -0.0990. The second-order valence-electron chi connectivity index (χ2n) is 6.55. The number of para-hydroxylation sites is 1. The van der Waals surface area contributed by atoms with Gasteiger partial charge in [-0.05, 0) is 29.8 Å². The Morgan fingerprint density at radius 3 is 2.67 bits per heavy atom. The summed E-state index contributed by atoms with van der Waals surface area (Å²) < 4.78 is 1.58. The molecular weight excluding hydrogens is 387 g/mol. The van der Waals surface area contributed by atoms with Crippen LogP contribution in [0, 0.1) is 0 Å². The lowest BCUT2D eigenvalue weighted by Crippen LogP contribution is -2.43. The van der Waals surface area contributed by atoms with Crippen LogP contribution in [-0.2, 0) is 15.0 Å². The number of amides is 2. The summed E-state index contributed by atoms with van der Waals surface area (Å²) in [5, 5.41) is 11.1. The minimum atomic E-state index is -1.16. The van der Waals surface area contributed by atoms with Gasteiger partial charge in [0, 0.05) is 17.0 Å². The summed E-state index contributed by atoms with van der Waals surface area (Å²) in [5.41, 5.74) is 1.38. The molecule has 1 aromatic heterocycles. The average molecular weight is 399 g/mol. The van der Waals surface area contributed by atoms with Crippen molar-refractivity contribution in [2.24, 2.45) is 0 Å². The van der Waals surface area contributed by atoms with Crippen LogP contribution < -0.4 is 10.6 Å². The first kappa shape index (κ1) is 16.4. The average Bonchev–Trinajstić information content (AvgIpc) is 3.17. The first-order valence-electron chi connectivity index (χ1n) is 8.25. The Labute approximate surface area is 164 Å². The number of nitrogens with zero attached hydrogens (tertiary/aromatic N) is 2. The molecule has 6 nitrogen and oxygen atoms in total. The lowest BCUT2D eigenvalue weighted by Gasteiger charge is -2.31. The molecule has 2 N–H and O–H groups in total. The molecule has 2 aromatic carbocycles. The third-order valence-corrected chi connectivity index (χ3v) is 5.61. The van der Waals surface area contributed by atoms with Crippen LogP contribution >= 0.6 is 23.2 Å². The van der Waals surface area contributed by atoms with Crippen LogP contribution in [0.2, 0.25) is 10.0 Å². The van der Waals surface area contributed by atoms with Gasteiger partial charge in [-0.2, -0.15) is 5.10 Å². The zero-order valence-electron chi connectivity index (χ0n) is 13.8. The summed E-state index contributed by atoms with van der Waals surface area (Å²) in [6.45, 7) is 0. The molecule has 1 atom stereocenters. The van der Waals surface area contributed by atoms with Crippen molar-refractivity contribution >= 4 is 46.5 Å². The zero-order chi connectivity index (χ0) is 18.8. The van der Waals surface area contributed by atoms with E-state index in [1.165, 1.54) is 0 Å². The Morgan fingerprint density at radius 1 is 1.04 bits per heavy atom. The Bertz CT molecular complexity index is 1140. The van der Waals surface area contributed by atoms with Crippen molar-refractivity contribution < 1.29 is 9.59 Å². The van der Waals surface area contributed by atoms with Crippen molar-refractivity contribution in [2.45, 2.75) is 11.8 Å². The number of carbonyl (C=O) groups is 2. The lowest BCUT2D eigenvalue weighted by atomic mass is 9.72. The monoisotopic (exact) mass is 398 g/mol.